The molecule has 0 bridgehead atoms. The van der Waals surface area contributed by atoms with Crippen LogP contribution in [0.2, 0.25) is 0 Å². The van der Waals surface area contributed by atoms with Gasteiger partial charge in [-0.2, -0.15) is 15.0 Å². The Bertz CT molecular complexity index is 885. The van der Waals surface area contributed by atoms with Gasteiger partial charge in [-0.1, -0.05) is 0 Å². The van der Waals surface area contributed by atoms with Crippen LogP contribution in [0.4, 0.5) is 29.2 Å². The van der Waals surface area contributed by atoms with E-state index in [1.54, 1.807) is 38.1 Å². The molecule has 0 aliphatic carbocycles. The molecule has 12 nitrogen and oxygen atoms in total. The molecule has 0 radical (unpaired) electrons. The molecule has 7 N–H and O–H groups in total. The lowest BCUT2D eigenvalue weighted by Gasteiger charge is -2.30. The van der Waals surface area contributed by atoms with Crippen molar-refractivity contribution >= 4 is 53.0 Å². The summed E-state index contributed by atoms with van der Waals surface area (Å²) in [6.45, 7) is 4.56. The average Bonchev–Trinajstić information content (AvgIpc) is 2.60. The number of nitrogens with one attached hydrogen (secondary N) is 3. The minimum absolute atomic E-state index is 0.0156. The van der Waals surface area contributed by atoms with Crippen molar-refractivity contribution in [3.8, 4) is 0 Å². The highest BCUT2D eigenvalue weighted by Gasteiger charge is 2.37. The fraction of sp³-hybridized carbons (Fsp3) is 0.312. The topological polar surface area (TPSA) is 190 Å². The average molecular weight is 419 g/mol. The van der Waals surface area contributed by atoms with E-state index in [-0.39, 0.29) is 17.8 Å². The Kier molecular flexibility index (Phi) is 6.88. The van der Waals surface area contributed by atoms with Crippen molar-refractivity contribution in [2.45, 2.75) is 31.6 Å². The highest BCUT2D eigenvalue weighted by molar-refractivity contribution is 7.99. The van der Waals surface area contributed by atoms with Crippen molar-refractivity contribution in [3.05, 3.63) is 29.2 Å². The molecular formula is C16H21N9O3S. The Hall–Kier alpha value is -3.48. The summed E-state index contributed by atoms with van der Waals surface area (Å²) in [5, 5.41) is 8.17. The first-order valence-corrected chi connectivity index (χ1v) is 9.11. The highest BCUT2D eigenvalue weighted by atomic mass is 32.2. The fourth-order valence-corrected chi connectivity index (χ4v) is 2.82. The molecule has 0 spiro atoms. The van der Waals surface area contributed by atoms with Crippen LogP contribution < -0.4 is 27.4 Å². The third kappa shape index (κ3) is 6.27. The summed E-state index contributed by atoms with van der Waals surface area (Å²) in [6.07, 6.45) is 0. The van der Waals surface area contributed by atoms with Gasteiger partial charge in [0.15, 0.2) is 0 Å². The van der Waals surface area contributed by atoms with Gasteiger partial charge in [-0.15, -0.1) is 4.91 Å². The van der Waals surface area contributed by atoms with Gasteiger partial charge in [0, 0.05) is 34.8 Å². The van der Waals surface area contributed by atoms with E-state index in [2.05, 4.69) is 35.5 Å². The molecule has 0 saturated carbocycles. The highest BCUT2D eigenvalue weighted by Crippen LogP contribution is 2.30. The van der Waals surface area contributed by atoms with Crippen molar-refractivity contribution in [1.29, 1.82) is 0 Å². The van der Waals surface area contributed by atoms with Gasteiger partial charge in [-0.05, 0) is 38.1 Å². The Morgan fingerprint density at radius 3 is 2.14 bits per heavy atom. The number of nitrogens with two attached hydrogens (primary N) is 2. The fourth-order valence-electron chi connectivity index (χ4n) is 2.35. The zero-order valence-electron chi connectivity index (χ0n) is 16.0. The van der Waals surface area contributed by atoms with Crippen molar-refractivity contribution in [2.75, 3.05) is 22.1 Å². The van der Waals surface area contributed by atoms with Crippen LogP contribution in [0.15, 0.2) is 28.8 Å². The van der Waals surface area contributed by atoms with E-state index in [4.69, 9.17) is 11.5 Å². The lowest BCUT2D eigenvalue weighted by atomic mass is 10.0. The molecule has 1 atom stereocenters. The molecule has 0 saturated heterocycles. The molecule has 2 rings (SSSR count). The zero-order valence-corrected chi connectivity index (χ0v) is 16.8. The maximum Gasteiger partial charge on any atom is 0.248 e. The number of carbonyl (C=O) groups is 2. The Morgan fingerprint density at radius 2 is 1.62 bits per heavy atom. The molecule has 29 heavy (non-hydrogen) atoms. The zero-order chi connectivity index (χ0) is 21.6. The van der Waals surface area contributed by atoms with Crippen LogP contribution in [0, 0.1) is 4.91 Å². The van der Waals surface area contributed by atoms with Crippen molar-refractivity contribution in [3.63, 3.8) is 0 Å². The van der Waals surface area contributed by atoms with Gasteiger partial charge >= 0.3 is 0 Å². The van der Waals surface area contributed by atoms with Crippen LogP contribution in [0.5, 0.6) is 0 Å². The standard InChI is InChI=1S/C16H21N9O3S/c1-8(26)19-11(16(2,3)29-25-28)12(27)20-9-4-6-10(7-5-9)21-15-23-13(17)22-14(18)24-15/h4-7,11H,1-3H3,(H,19,26)(H,20,27)(H5,17,18,21,22,23,24)/t11-/m1/s1. The Labute approximate surface area is 170 Å². The number of nitrogens with zero attached hydrogens (tertiary/aromatic N) is 4. The molecule has 0 fully saturated rings. The normalized spacial score (nSPS) is 12.0. The number of hydrogen-bond acceptors (Lipinski definition) is 11. The largest absolute Gasteiger partial charge is 0.368 e. The number of benzene rings is 1. The number of carbonyl (C=O) groups excluding carboxylic acids is 2. The molecule has 2 aromatic rings. The van der Waals surface area contributed by atoms with Crippen LogP contribution in [0.3, 0.4) is 0 Å². The summed E-state index contributed by atoms with van der Waals surface area (Å²) in [4.78, 5) is 46.3. The second-order valence-electron chi connectivity index (χ2n) is 6.47. The molecule has 13 heteroatoms. The summed E-state index contributed by atoms with van der Waals surface area (Å²) in [5.74, 6) is -0.741. The number of aromatic nitrogens is 3. The number of nitroso groups, excluding NO2 is 1. The van der Waals surface area contributed by atoms with Crippen LogP contribution in [-0.4, -0.2) is 37.6 Å². The summed E-state index contributed by atoms with van der Waals surface area (Å²) >= 11 is 0.673. The molecule has 2 amide bonds. The summed E-state index contributed by atoms with van der Waals surface area (Å²) in [7, 11) is 0. The van der Waals surface area contributed by atoms with E-state index in [0.29, 0.717) is 23.3 Å². The van der Waals surface area contributed by atoms with Crippen molar-refractivity contribution in [1.82, 2.24) is 20.3 Å². The molecule has 1 aromatic carbocycles. The van der Waals surface area contributed by atoms with Crippen LogP contribution >= 0.6 is 11.9 Å². The SMILES string of the molecule is CC(=O)N[C@H](C(=O)Nc1ccc(Nc2nc(N)nc(N)n2)cc1)C(C)(C)SN=O. The molecule has 0 unspecified atom stereocenters. The summed E-state index contributed by atoms with van der Waals surface area (Å²) < 4.78 is 1.83. The van der Waals surface area contributed by atoms with Crippen LogP contribution in [0.25, 0.3) is 0 Å². The smallest absolute Gasteiger partial charge is 0.248 e. The minimum Gasteiger partial charge on any atom is -0.368 e. The molecule has 1 aromatic heterocycles. The van der Waals surface area contributed by atoms with Gasteiger partial charge in [0.1, 0.15) is 6.04 Å². The van der Waals surface area contributed by atoms with E-state index >= 15 is 0 Å². The third-order valence-electron chi connectivity index (χ3n) is 3.66. The van der Waals surface area contributed by atoms with Gasteiger partial charge in [0.25, 0.3) is 0 Å². The van der Waals surface area contributed by atoms with E-state index in [9.17, 15) is 14.5 Å². The first-order chi connectivity index (χ1) is 13.6. The van der Waals surface area contributed by atoms with E-state index in [1.807, 2.05) is 0 Å². The van der Waals surface area contributed by atoms with E-state index in [0.717, 1.165) is 0 Å². The Morgan fingerprint density at radius 1 is 1.07 bits per heavy atom. The monoisotopic (exact) mass is 419 g/mol. The lowest BCUT2D eigenvalue weighted by Crippen LogP contribution is -2.53. The Balaban J connectivity index is 2.11. The lowest BCUT2D eigenvalue weighted by molar-refractivity contribution is -0.125. The molecular weight excluding hydrogens is 398 g/mol. The van der Waals surface area contributed by atoms with E-state index in [1.165, 1.54) is 6.92 Å². The molecule has 0 aliphatic rings. The minimum atomic E-state index is -0.975. The first kappa shape index (κ1) is 21.8. The van der Waals surface area contributed by atoms with Crippen molar-refractivity contribution in [2.24, 2.45) is 4.58 Å². The van der Waals surface area contributed by atoms with Gasteiger partial charge in [0.05, 0.1) is 4.75 Å². The number of anilines is 5. The quantitative estimate of drug-likeness (QED) is 0.309. The predicted molar refractivity (Wildman–Crippen MR) is 112 cm³/mol. The second kappa shape index (κ2) is 9.14. The number of amides is 2. The molecule has 154 valence electrons. The predicted octanol–water partition coefficient (Wildman–Crippen LogP) is 1.42. The second-order valence-corrected chi connectivity index (χ2v) is 7.85. The number of nitrogen functional groups attached to an aromatic ring is 2. The number of hydrogen-bond donors (Lipinski definition) is 5. The van der Waals surface area contributed by atoms with Crippen LogP contribution in [0.1, 0.15) is 20.8 Å². The van der Waals surface area contributed by atoms with Gasteiger partial charge in [-0.3, -0.25) is 9.59 Å². The van der Waals surface area contributed by atoms with Gasteiger partial charge in [0.2, 0.25) is 29.7 Å². The summed E-state index contributed by atoms with van der Waals surface area (Å²) in [5.41, 5.74) is 12.1. The number of rotatable bonds is 8. The molecule has 1 heterocycles. The summed E-state index contributed by atoms with van der Waals surface area (Å²) in [6, 6.07) is 5.64. The third-order valence-corrected chi connectivity index (χ3v) is 4.44. The van der Waals surface area contributed by atoms with Crippen LogP contribution in [-0.2, 0) is 9.59 Å². The van der Waals surface area contributed by atoms with Crippen molar-refractivity contribution < 1.29 is 9.59 Å². The van der Waals surface area contributed by atoms with Gasteiger partial charge < -0.3 is 27.4 Å². The maximum atomic E-state index is 12.7. The maximum absolute atomic E-state index is 12.7. The van der Waals surface area contributed by atoms with Gasteiger partial charge in [-0.25, -0.2) is 0 Å². The first-order valence-electron chi connectivity index (χ1n) is 8.33. The van der Waals surface area contributed by atoms with E-state index < -0.39 is 22.6 Å². The molecule has 0 aliphatic heterocycles.